The van der Waals surface area contributed by atoms with Gasteiger partial charge in [-0.15, -0.1) is 0 Å². The molecule has 0 radical (unpaired) electrons. The van der Waals surface area contributed by atoms with Crippen LogP contribution < -0.4 is 0 Å². The highest BCUT2D eigenvalue weighted by Gasteiger charge is 2.53. The first kappa shape index (κ1) is 16.2. The highest BCUT2D eigenvalue weighted by atomic mass is 32.1. The number of hydrogen-bond donors (Lipinski definition) is 1. The van der Waals surface area contributed by atoms with Gasteiger partial charge in [0.05, 0.1) is 0 Å². The summed E-state index contributed by atoms with van der Waals surface area (Å²) < 4.78 is 0. The molecule has 0 aromatic rings. The third-order valence-electron chi connectivity index (χ3n) is 7.42. The summed E-state index contributed by atoms with van der Waals surface area (Å²) in [6.45, 7) is 4.87. The molecule has 0 nitrogen and oxygen atoms in total. The molecule has 3 aliphatic carbocycles. The molecule has 0 saturated heterocycles. The van der Waals surface area contributed by atoms with Crippen molar-refractivity contribution < 1.29 is 0 Å². The Balaban J connectivity index is 1.58. The molecular formula is C20H36S. The van der Waals surface area contributed by atoms with E-state index in [0.717, 1.165) is 47.2 Å². The third kappa shape index (κ3) is 3.48. The second kappa shape index (κ2) is 7.28. The molecule has 122 valence electrons. The SMILES string of the molecule is CCC1CCC(CS)CC1CC1C(CC)C1C1CCCC1. The van der Waals surface area contributed by atoms with Crippen LogP contribution in [0.5, 0.6) is 0 Å². The van der Waals surface area contributed by atoms with Crippen molar-refractivity contribution in [2.45, 2.75) is 78.1 Å². The van der Waals surface area contributed by atoms with Gasteiger partial charge in [-0.05, 0) is 72.9 Å². The maximum atomic E-state index is 4.59. The molecule has 0 spiro atoms. The Morgan fingerprint density at radius 2 is 1.62 bits per heavy atom. The predicted molar refractivity (Wildman–Crippen MR) is 95.8 cm³/mol. The van der Waals surface area contributed by atoms with E-state index < -0.39 is 0 Å². The van der Waals surface area contributed by atoms with Gasteiger partial charge in [-0.25, -0.2) is 0 Å². The van der Waals surface area contributed by atoms with E-state index in [1.165, 1.54) is 44.9 Å². The van der Waals surface area contributed by atoms with Crippen LogP contribution in [0.25, 0.3) is 0 Å². The summed E-state index contributed by atoms with van der Waals surface area (Å²) in [5.74, 6) is 8.56. The van der Waals surface area contributed by atoms with Crippen molar-refractivity contribution >= 4 is 12.6 Å². The second-order valence-corrected chi connectivity index (χ2v) is 8.75. The lowest BCUT2D eigenvalue weighted by atomic mass is 9.71. The minimum absolute atomic E-state index is 0.921. The van der Waals surface area contributed by atoms with Crippen molar-refractivity contribution in [3.05, 3.63) is 0 Å². The van der Waals surface area contributed by atoms with Crippen molar-refractivity contribution in [1.29, 1.82) is 0 Å². The first-order valence-electron chi connectivity index (χ1n) is 9.89. The van der Waals surface area contributed by atoms with E-state index in [-0.39, 0.29) is 0 Å². The zero-order chi connectivity index (χ0) is 14.8. The lowest BCUT2D eigenvalue weighted by Crippen LogP contribution is -2.26. The van der Waals surface area contributed by atoms with Crippen LogP contribution in [0.1, 0.15) is 78.1 Å². The fourth-order valence-electron chi connectivity index (χ4n) is 6.19. The van der Waals surface area contributed by atoms with Crippen LogP contribution in [-0.2, 0) is 0 Å². The van der Waals surface area contributed by atoms with Gasteiger partial charge >= 0.3 is 0 Å². The van der Waals surface area contributed by atoms with E-state index in [4.69, 9.17) is 0 Å². The Bertz CT molecular complexity index is 320. The highest BCUT2D eigenvalue weighted by molar-refractivity contribution is 7.80. The van der Waals surface area contributed by atoms with Crippen LogP contribution in [0, 0.1) is 41.4 Å². The maximum Gasteiger partial charge on any atom is -0.00694 e. The second-order valence-electron chi connectivity index (χ2n) is 8.38. The van der Waals surface area contributed by atoms with Gasteiger partial charge in [0, 0.05) is 0 Å². The van der Waals surface area contributed by atoms with Crippen molar-refractivity contribution in [2.24, 2.45) is 41.4 Å². The molecule has 3 saturated carbocycles. The molecule has 0 amide bonds. The van der Waals surface area contributed by atoms with Crippen LogP contribution >= 0.6 is 12.6 Å². The van der Waals surface area contributed by atoms with E-state index in [1.807, 2.05) is 0 Å². The molecule has 1 heteroatoms. The Morgan fingerprint density at radius 1 is 0.857 bits per heavy atom. The fraction of sp³-hybridized carbons (Fsp3) is 1.00. The molecule has 6 atom stereocenters. The lowest BCUT2D eigenvalue weighted by molar-refractivity contribution is 0.165. The normalized spacial score (nSPS) is 44.1. The summed E-state index contributed by atoms with van der Waals surface area (Å²) in [7, 11) is 0. The average Bonchev–Trinajstić information content (AvgIpc) is 2.95. The molecule has 3 fully saturated rings. The summed E-state index contributed by atoms with van der Waals surface area (Å²) in [5, 5.41) is 0. The van der Waals surface area contributed by atoms with Gasteiger partial charge in [-0.2, -0.15) is 12.6 Å². The van der Waals surface area contributed by atoms with Gasteiger partial charge in [-0.1, -0.05) is 52.4 Å². The van der Waals surface area contributed by atoms with Crippen LogP contribution in [0.4, 0.5) is 0 Å². The highest BCUT2D eigenvalue weighted by Crippen LogP contribution is 2.60. The van der Waals surface area contributed by atoms with Crippen molar-refractivity contribution in [3.8, 4) is 0 Å². The van der Waals surface area contributed by atoms with Crippen molar-refractivity contribution in [3.63, 3.8) is 0 Å². The van der Waals surface area contributed by atoms with Gasteiger partial charge in [-0.3, -0.25) is 0 Å². The Labute approximate surface area is 138 Å². The summed E-state index contributed by atoms with van der Waals surface area (Å²) in [4.78, 5) is 0. The number of rotatable bonds is 6. The molecule has 0 N–H and O–H groups in total. The fourth-order valence-corrected chi connectivity index (χ4v) is 6.52. The molecule has 21 heavy (non-hydrogen) atoms. The first-order valence-corrected chi connectivity index (χ1v) is 10.5. The molecule has 0 aliphatic heterocycles. The molecule has 0 bridgehead atoms. The molecule has 3 rings (SSSR count). The van der Waals surface area contributed by atoms with Gasteiger partial charge in [0.2, 0.25) is 0 Å². The van der Waals surface area contributed by atoms with E-state index >= 15 is 0 Å². The first-order chi connectivity index (χ1) is 10.3. The van der Waals surface area contributed by atoms with Crippen LogP contribution in [0.2, 0.25) is 0 Å². The molecule has 3 aliphatic rings. The van der Waals surface area contributed by atoms with E-state index in [0.29, 0.717) is 0 Å². The Hall–Kier alpha value is 0.350. The van der Waals surface area contributed by atoms with E-state index in [9.17, 15) is 0 Å². The van der Waals surface area contributed by atoms with Crippen molar-refractivity contribution in [2.75, 3.05) is 5.75 Å². The monoisotopic (exact) mass is 308 g/mol. The standard InChI is InChI=1S/C20H36S/c1-3-15-10-9-14(13-21)11-17(15)12-19-18(4-2)20(19)16-7-5-6-8-16/h14-21H,3-13H2,1-2H3. The predicted octanol–water partition coefficient (Wildman–Crippen LogP) is 6.21. The molecule has 6 unspecified atom stereocenters. The summed E-state index contributed by atoms with van der Waals surface area (Å²) in [6.07, 6.45) is 15.0. The van der Waals surface area contributed by atoms with E-state index in [2.05, 4.69) is 26.5 Å². The summed E-state index contributed by atoms with van der Waals surface area (Å²) >= 11 is 4.59. The van der Waals surface area contributed by atoms with Gasteiger partial charge in [0.15, 0.2) is 0 Å². The maximum absolute atomic E-state index is 4.59. The van der Waals surface area contributed by atoms with E-state index in [1.54, 1.807) is 19.3 Å². The van der Waals surface area contributed by atoms with Gasteiger partial charge in [0.25, 0.3) is 0 Å². The molecular weight excluding hydrogens is 272 g/mol. The smallest absolute Gasteiger partial charge is 0.00694 e. The topological polar surface area (TPSA) is 0 Å². The van der Waals surface area contributed by atoms with Crippen LogP contribution in [0.15, 0.2) is 0 Å². The van der Waals surface area contributed by atoms with Crippen LogP contribution in [-0.4, -0.2) is 5.75 Å². The number of thiol groups is 1. The largest absolute Gasteiger partial charge is 0.179 e. The number of hydrogen-bond acceptors (Lipinski definition) is 1. The van der Waals surface area contributed by atoms with Gasteiger partial charge in [0.1, 0.15) is 0 Å². The Morgan fingerprint density at radius 3 is 2.24 bits per heavy atom. The van der Waals surface area contributed by atoms with Gasteiger partial charge < -0.3 is 0 Å². The quantitative estimate of drug-likeness (QED) is 0.554. The minimum atomic E-state index is 0.921. The summed E-state index contributed by atoms with van der Waals surface area (Å²) in [6, 6.07) is 0. The third-order valence-corrected chi connectivity index (χ3v) is 7.94. The zero-order valence-electron chi connectivity index (χ0n) is 14.3. The summed E-state index contributed by atoms with van der Waals surface area (Å²) in [5.41, 5.74) is 0. The average molecular weight is 309 g/mol. The minimum Gasteiger partial charge on any atom is -0.179 e. The lowest BCUT2D eigenvalue weighted by Gasteiger charge is -2.36. The van der Waals surface area contributed by atoms with Crippen molar-refractivity contribution in [1.82, 2.24) is 0 Å². The zero-order valence-corrected chi connectivity index (χ0v) is 15.2. The molecule has 0 aromatic heterocycles. The molecule has 0 aromatic carbocycles. The van der Waals surface area contributed by atoms with Crippen LogP contribution in [0.3, 0.4) is 0 Å². The molecule has 0 heterocycles. The Kier molecular flexibility index (Phi) is 5.62.